The van der Waals surface area contributed by atoms with Crippen LogP contribution in [0.15, 0.2) is 11.6 Å². The van der Waals surface area contributed by atoms with E-state index < -0.39 is 11.9 Å². The summed E-state index contributed by atoms with van der Waals surface area (Å²) in [6.45, 7) is 1.53. The van der Waals surface area contributed by atoms with Crippen molar-refractivity contribution in [3.8, 4) is 0 Å². The van der Waals surface area contributed by atoms with Gasteiger partial charge in [0.2, 0.25) is 0 Å². The summed E-state index contributed by atoms with van der Waals surface area (Å²) in [5.74, 6) is -1.09. The Morgan fingerprint density at radius 3 is 2.11 bits per heavy atom. The van der Waals surface area contributed by atoms with Crippen LogP contribution < -0.4 is 0 Å². The summed E-state index contributed by atoms with van der Waals surface area (Å²) < 4.78 is 4.10. The summed E-state index contributed by atoms with van der Waals surface area (Å²) in [6.07, 6.45) is 1.17. The zero-order valence-electron chi connectivity index (χ0n) is 4.60. The maximum atomic E-state index is 10.3. The van der Waals surface area contributed by atoms with Gasteiger partial charge in [0.05, 0.1) is 0 Å². The molecule has 4 heteroatoms. The third kappa shape index (κ3) is 1.78. The Hall–Kier alpha value is -0.380. The number of hydrogen-bond acceptors (Lipinski definition) is 3. The summed E-state index contributed by atoms with van der Waals surface area (Å²) in [6, 6.07) is 0. The number of esters is 2. The quantitative estimate of drug-likeness (QED) is 0.360. The van der Waals surface area contributed by atoms with Crippen LogP contribution in [0.2, 0.25) is 0 Å². The van der Waals surface area contributed by atoms with Gasteiger partial charge in [0, 0.05) is 34.0 Å². The number of rotatable bonds is 0. The van der Waals surface area contributed by atoms with Gasteiger partial charge in [0.15, 0.2) is 0 Å². The Bertz CT molecular complexity index is 183. The van der Waals surface area contributed by atoms with Crippen molar-refractivity contribution in [1.29, 1.82) is 0 Å². The molecule has 0 unspecified atom stereocenters. The molecule has 53 valence electrons. The Morgan fingerprint density at radius 1 is 1.44 bits per heavy atom. The Balaban J connectivity index is 0.000000640. The minimum Gasteiger partial charge on any atom is -0.386 e. The molecule has 9 heavy (non-hydrogen) atoms. The topological polar surface area (TPSA) is 43.4 Å². The van der Waals surface area contributed by atoms with Crippen molar-refractivity contribution in [1.82, 2.24) is 0 Å². The molecule has 1 heterocycles. The first-order chi connectivity index (χ1) is 3.70. The van der Waals surface area contributed by atoms with Crippen molar-refractivity contribution < 1.29 is 36.7 Å². The first-order valence-corrected chi connectivity index (χ1v) is 2.14. The van der Waals surface area contributed by atoms with Crippen LogP contribution in [0.1, 0.15) is 6.92 Å². The van der Waals surface area contributed by atoms with E-state index in [1.54, 1.807) is 0 Å². The second kappa shape index (κ2) is 2.96. The van der Waals surface area contributed by atoms with Crippen molar-refractivity contribution in [2.45, 2.75) is 6.92 Å². The normalized spacial score (nSPS) is 16.3. The van der Waals surface area contributed by atoms with Crippen LogP contribution in [0.4, 0.5) is 0 Å². The fourth-order valence-electron chi connectivity index (χ4n) is 0.437. The van der Waals surface area contributed by atoms with E-state index in [1.807, 2.05) is 0 Å². The molecule has 0 saturated heterocycles. The molecule has 0 spiro atoms. The van der Waals surface area contributed by atoms with E-state index in [0.717, 1.165) is 0 Å². The fraction of sp³-hybridized carbons (Fsp3) is 0.200. The minimum absolute atomic E-state index is 0. The molecule has 0 amide bonds. The van der Waals surface area contributed by atoms with Crippen LogP contribution in [-0.2, 0) is 36.7 Å². The van der Waals surface area contributed by atoms with Crippen molar-refractivity contribution >= 4 is 11.9 Å². The summed E-state index contributed by atoms with van der Waals surface area (Å²) in [4.78, 5) is 20.4. The Morgan fingerprint density at radius 2 is 2.00 bits per heavy atom. The largest absolute Gasteiger partial charge is 0.386 e. The maximum Gasteiger partial charge on any atom is 0.341 e. The number of ether oxygens (including phenoxy) is 1. The molecule has 0 bridgehead atoms. The molecule has 0 aliphatic carbocycles. The fourth-order valence-corrected chi connectivity index (χ4v) is 0.437. The molecule has 0 aromatic carbocycles. The van der Waals surface area contributed by atoms with Crippen molar-refractivity contribution in [3.05, 3.63) is 11.6 Å². The van der Waals surface area contributed by atoms with E-state index in [1.165, 1.54) is 13.0 Å². The summed E-state index contributed by atoms with van der Waals surface area (Å²) in [7, 11) is 0. The number of hydrogen-bond donors (Lipinski definition) is 0. The first kappa shape index (κ1) is 8.62. The van der Waals surface area contributed by atoms with Gasteiger partial charge in [-0.3, -0.25) is 0 Å². The molecule has 1 aliphatic rings. The molecule has 0 fully saturated rings. The van der Waals surface area contributed by atoms with Gasteiger partial charge in [0.25, 0.3) is 0 Å². The third-order valence-electron chi connectivity index (χ3n) is 0.850. The zero-order chi connectivity index (χ0) is 6.15. The van der Waals surface area contributed by atoms with Gasteiger partial charge in [0.1, 0.15) is 0 Å². The average molecular weight is 309 g/mol. The van der Waals surface area contributed by atoms with Crippen LogP contribution >= 0.6 is 0 Å². The van der Waals surface area contributed by atoms with Gasteiger partial charge < -0.3 is 4.74 Å². The standard InChI is InChI=1S/C5H4O3.Au/c1-3-2-4(6)8-5(3)7;/h2H,1H3;. The van der Waals surface area contributed by atoms with Crippen LogP contribution in [0.25, 0.3) is 0 Å². The first-order valence-electron chi connectivity index (χ1n) is 2.14. The Labute approximate surface area is 67.6 Å². The summed E-state index contributed by atoms with van der Waals surface area (Å²) in [5.41, 5.74) is 0.370. The van der Waals surface area contributed by atoms with E-state index in [4.69, 9.17) is 0 Å². The summed E-state index contributed by atoms with van der Waals surface area (Å²) >= 11 is 0. The number of carbonyl (C=O) groups excluding carboxylic acids is 2. The van der Waals surface area contributed by atoms with Crippen LogP contribution in [0.5, 0.6) is 0 Å². The summed E-state index contributed by atoms with van der Waals surface area (Å²) in [5, 5.41) is 0. The maximum absolute atomic E-state index is 10.3. The second-order valence-electron chi connectivity index (χ2n) is 1.54. The minimum atomic E-state index is -0.562. The van der Waals surface area contributed by atoms with Gasteiger partial charge in [-0.25, -0.2) is 9.59 Å². The molecule has 0 N–H and O–H groups in total. The van der Waals surface area contributed by atoms with Crippen molar-refractivity contribution in [3.63, 3.8) is 0 Å². The monoisotopic (exact) mass is 309 g/mol. The average Bonchev–Trinajstić information content (AvgIpc) is 1.85. The van der Waals surface area contributed by atoms with Gasteiger partial charge in [-0.1, -0.05) is 0 Å². The predicted octanol–water partition coefficient (Wildman–Crippen LogP) is 0.0136. The molecular weight excluding hydrogens is 305 g/mol. The van der Waals surface area contributed by atoms with E-state index in [2.05, 4.69) is 4.74 Å². The van der Waals surface area contributed by atoms with Crippen LogP contribution in [0, 0.1) is 0 Å². The molecule has 0 aromatic rings. The van der Waals surface area contributed by atoms with Crippen LogP contribution in [0.3, 0.4) is 0 Å². The van der Waals surface area contributed by atoms with E-state index >= 15 is 0 Å². The third-order valence-corrected chi connectivity index (χ3v) is 0.850. The number of cyclic esters (lactones) is 2. The van der Waals surface area contributed by atoms with Gasteiger partial charge in [-0.2, -0.15) is 0 Å². The molecular formula is C5H4AuO3. The molecule has 1 aliphatic heterocycles. The van der Waals surface area contributed by atoms with E-state index in [0.29, 0.717) is 5.57 Å². The molecule has 0 saturated carbocycles. The van der Waals surface area contributed by atoms with Gasteiger partial charge in [-0.05, 0) is 6.92 Å². The van der Waals surface area contributed by atoms with Gasteiger partial charge >= 0.3 is 11.9 Å². The van der Waals surface area contributed by atoms with Gasteiger partial charge in [-0.15, -0.1) is 0 Å². The van der Waals surface area contributed by atoms with Crippen LogP contribution in [-0.4, -0.2) is 11.9 Å². The predicted molar refractivity (Wildman–Crippen MR) is 24.9 cm³/mol. The second-order valence-corrected chi connectivity index (χ2v) is 1.54. The van der Waals surface area contributed by atoms with Crippen molar-refractivity contribution in [2.75, 3.05) is 0 Å². The Kier molecular flexibility index (Phi) is 2.84. The molecule has 0 aromatic heterocycles. The number of carbonyl (C=O) groups is 2. The molecule has 3 nitrogen and oxygen atoms in total. The SMILES string of the molecule is CC1=CC(=O)OC1=O.[Au]. The zero-order valence-corrected chi connectivity index (χ0v) is 6.77. The molecule has 0 atom stereocenters. The van der Waals surface area contributed by atoms with E-state index in [-0.39, 0.29) is 22.4 Å². The molecule has 1 radical (unpaired) electrons. The smallest absolute Gasteiger partial charge is 0.341 e. The van der Waals surface area contributed by atoms with Crippen molar-refractivity contribution in [2.24, 2.45) is 0 Å². The molecule has 1 rings (SSSR count). The van der Waals surface area contributed by atoms with E-state index in [9.17, 15) is 9.59 Å².